The normalized spacial score (nSPS) is 23.3. The summed E-state index contributed by atoms with van der Waals surface area (Å²) in [4.78, 5) is 15.7. The van der Waals surface area contributed by atoms with Crippen LogP contribution >= 0.6 is 0 Å². The zero-order valence-corrected chi connectivity index (χ0v) is 18.6. The second kappa shape index (κ2) is 11.1. The van der Waals surface area contributed by atoms with E-state index in [1.807, 2.05) is 18.2 Å². The summed E-state index contributed by atoms with van der Waals surface area (Å²) < 4.78 is 11.2. The molecule has 2 aliphatic heterocycles. The number of morpholine rings is 1. The van der Waals surface area contributed by atoms with Crippen molar-refractivity contribution < 1.29 is 24.5 Å². The number of likely N-dealkylation sites (tertiary alicyclic amines) is 1. The molecule has 0 spiro atoms. The zero-order chi connectivity index (χ0) is 22.3. The summed E-state index contributed by atoms with van der Waals surface area (Å²) in [5.41, 5.74) is 1.02. The molecular weight excluding hydrogens is 408 g/mol. The van der Waals surface area contributed by atoms with E-state index in [0.29, 0.717) is 32.6 Å². The van der Waals surface area contributed by atoms with Gasteiger partial charge in [0.1, 0.15) is 0 Å². The van der Waals surface area contributed by atoms with E-state index in [0.717, 1.165) is 55.6 Å². The highest BCUT2D eigenvalue weighted by Crippen LogP contribution is 2.27. The minimum absolute atomic E-state index is 0.167. The fourth-order valence-electron chi connectivity index (χ4n) is 4.83. The maximum Gasteiger partial charge on any atom is 0.407 e. The quantitative estimate of drug-likeness (QED) is 0.612. The maximum absolute atomic E-state index is 11.9. The molecule has 32 heavy (non-hydrogen) atoms. The highest BCUT2D eigenvalue weighted by atomic mass is 16.5. The summed E-state index contributed by atoms with van der Waals surface area (Å²) in [7, 11) is 0. The summed E-state index contributed by atoms with van der Waals surface area (Å²) >= 11 is 0. The van der Waals surface area contributed by atoms with Gasteiger partial charge in [0.25, 0.3) is 0 Å². The van der Waals surface area contributed by atoms with Crippen molar-refractivity contribution in [2.45, 2.75) is 31.4 Å². The summed E-state index contributed by atoms with van der Waals surface area (Å²) in [6, 6.07) is 13.9. The molecule has 1 amide bonds. The van der Waals surface area contributed by atoms with Crippen molar-refractivity contribution in [3.05, 3.63) is 48.0 Å². The third-order valence-electron chi connectivity index (χ3n) is 6.68. The van der Waals surface area contributed by atoms with Crippen LogP contribution < -0.4 is 0 Å². The van der Waals surface area contributed by atoms with Gasteiger partial charge in [0.15, 0.2) is 0 Å². The largest absolute Gasteiger partial charge is 0.465 e. The van der Waals surface area contributed by atoms with E-state index >= 15 is 0 Å². The lowest BCUT2D eigenvalue weighted by Gasteiger charge is -2.40. The molecule has 0 bridgehead atoms. The smallest absolute Gasteiger partial charge is 0.407 e. The Morgan fingerprint density at radius 1 is 1.12 bits per heavy atom. The SMILES string of the molecule is O=C(O)N1CC(COCCN2CCOCC2)CCC1C(O)Cc1ccc2ccccc2c1. The average Bonchev–Trinajstić information content (AvgIpc) is 2.82. The van der Waals surface area contributed by atoms with Crippen LogP contribution in [0.3, 0.4) is 0 Å². The van der Waals surface area contributed by atoms with E-state index in [-0.39, 0.29) is 12.0 Å². The molecule has 2 heterocycles. The van der Waals surface area contributed by atoms with Crippen LogP contribution in [0.2, 0.25) is 0 Å². The Balaban J connectivity index is 1.27. The first-order valence-corrected chi connectivity index (χ1v) is 11.6. The third kappa shape index (κ3) is 5.98. The Morgan fingerprint density at radius 2 is 1.91 bits per heavy atom. The number of amides is 1. The van der Waals surface area contributed by atoms with E-state index in [1.54, 1.807) is 0 Å². The fraction of sp³-hybridized carbons (Fsp3) is 0.560. The van der Waals surface area contributed by atoms with Crippen LogP contribution in [0.25, 0.3) is 10.8 Å². The summed E-state index contributed by atoms with van der Waals surface area (Å²) in [6.45, 7) is 5.93. The number of hydrogen-bond donors (Lipinski definition) is 2. The Morgan fingerprint density at radius 3 is 2.69 bits per heavy atom. The molecule has 0 aliphatic carbocycles. The summed E-state index contributed by atoms with van der Waals surface area (Å²) in [5.74, 6) is 0.167. The standard InChI is InChI=1S/C25H34N2O5/c28-24(16-19-5-7-21-3-1-2-4-22(21)15-19)23-8-6-20(17-27(23)25(29)30)18-32-14-11-26-9-12-31-13-10-26/h1-5,7,15,20,23-24,28H,6,8-14,16-18H2,(H,29,30). The molecule has 2 fully saturated rings. The lowest BCUT2D eigenvalue weighted by Crippen LogP contribution is -2.53. The van der Waals surface area contributed by atoms with Crippen molar-refractivity contribution in [1.29, 1.82) is 0 Å². The Bertz CT molecular complexity index is 886. The number of benzene rings is 2. The van der Waals surface area contributed by atoms with E-state index < -0.39 is 12.2 Å². The molecule has 4 rings (SSSR count). The number of nitrogens with zero attached hydrogens (tertiary/aromatic N) is 2. The van der Waals surface area contributed by atoms with Gasteiger partial charge in [0.2, 0.25) is 0 Å². The van der Waals surface area contributed by atoms with Crippen LogP contribution in [0.15, 0.2) is 42.5 Å². The minimum atomic E-state index is -0.967. The topological polar surface area (TPSA) is 82.5 Å². The van der Waals surface area contributed by atoms with E-state index in [9.17, 15) is 15.0 Å². The van der Waals surface area contributed by atoms with Crippen LogP contribution in [0.5, 0.6) is 0 Å². The second-order valence-electron chi connectivity index (χ2n) is 8.93. The Hall–Kier alpha value is -2.19. The molecule has 2 aromatic rings. The molecule has 2 aliphatic rings. The van der Waals surface area contributed by atoms with Crippen molar-refractivity contribution in [3.8, 4) is 0 Å². The highest BCUT2D eigenvalue weighted by Gasteiger charge is 2.36. The van der Waals surface area contributed by atoms with Crippen LogP contribution in [0.1, 0.15) is 18.4 Å². The van der Waals surface area contributed by atoms with Gasteiger partial charge in [-0.1, -0.05) is 42.5 Å². The molecular formula is C25H34N2O5. The molecule has 0 radical (unpaired) electrons. The Labute approximate surface area is 189 Å². The van der Waals surface area contributed by atoms with E-state index in [2.05, 4.69) is 29.2 Å². The van der Waals surface area contributed by atoms with Gasteiger partial charge in [-0.15, -0.1) is 0 Å². The number of carbonyl (C=O) groups is 1. The van der Waals surface area contributed by atoms with Gasteiger partial charge >= 0.3 is 6.09 Å². The van der Waals surface area contributed by atoms with Gasteiger partial charge < -0.3 is 24.6 Å². The zero-order valence-electron chi connectivity index (χ0n) is 18.6. The van der Waals surface area contributed by atoms with Crippen molar-refractivity contribution in [1.82, 2.24) is 9.80 Å². The first-order valence-electron chi connectivity index (χ1n) is 11.6. The number of carboxylic acid groups (broad SMARTS) is 1. The predicted octanol–water partition coefficient (Wildman–Crippen LogP) is 2.85. The lowest BCUT2D eigenvalue weighted by molar-refractivity contribution is -0.0129. The predicted molar refractivity (Wildman–Crippen MR) is 123 cm³/mol. The summed E-state index contributed by atoms with van der Waals surface area (Å²) in [5, 5.41) is 23.0. The molecule has 7 nitrogen and oxygen atoms in total. The summed E-state index contributed by atoms with van der Waals surface area (Å²) in [6.07, 6.45) is 0.264. The molecule has 0 aromatic heterocycles. The van der Waals surface area contributed by atoms with Gasteiger partial charge in [-0.05, 0) is 29.2 Å². The van der Waals surface area contributed by atoms with Crippen LogP contribution in [0.4, 0.5) is 4.79 Å². The molecule has 2 aromatic carbocycles. The number of fused-ring (bicyclic) bond motifs is 1. The molecule has 2 saturated heterocycles. The lowest BCUT2D eigenvalue weighted by atomic mass is 9.88. The second-order valence-corrected chi connectivity index (χ2v) is 8.93. The van der Waals surface area contributed by atoms with Gasteiger partial charge in [-0.3, -0.25) is 4.90 Å². The molecule has 174 valence electrons. The monoisotopic (exact) mass is 442 g/mol. The minimum Gasteiger partial charge on any atom is -0.465 e. The number of aliphatic hydroxyl groups is 1. The molecule has 3 unspecified atom stereocenters. The third-order valence-corrected chi connectivity index (χ3v) is 6.68. The van der Waals surface area contributed by atoms with Gasteiger partial charge in [0.05, 0.1) is 38.6 Å². The van der Waals surface area contributed by atoms with Crippen LogP contribution in [-0.2, 0) is 15.9 Å². The van der Waals surface area contributed by atoms with Crippen LogP contribution in [-0.4, -0.2) is 90.9 Å². The van der Waals surface area contributed by atoms with Crippen molar-refractivity contribution in [3.63, 3.8) is 0 Å². The van der Waals surface area contributed by atoms with Gasteiger partial charge in [-0.2, -0.15) is 0 Å². The first-order chi connectivity index (χ1) is 15.6. The molecule has 2 N–H and O–H groups in total. The van der Waals surface area contributed by atoms with E-state index in [4.69, 9.17) is 9.47 Å². The molecule has 3 atom stereocenters. The number of rotatable bonds is 8. The van der Waals surface area contributed by atoms with Crippen molar-refractivity contribution >= 4 is 16.9 Å². The van der Waals surface area contributed by atoms with Gasteiger partial charge in [0, 0.05) is 38.5 Å². The van der Waals surface area contributed by atoms with Crippen LogP contribution in [0, 0.1) is 5.92 Å². The van der Waals surface area contributed by atoms with Crippen molar-refractivity contribution in [2.75, 3.05) is 52.6 Å². The van der Waals surface area contributed by atoms with E-state index in [1.165, 1.54) is 4.90 Å². The highest BCUT2D eigenvalue weighted by molar-refractivity contribution is 5.83. The first kappa shape index (κ1) is 23.0. The molecule has 0 saturated carbocycles. The molecule has 7 heteroatoms. The maximum atomic E-state index is 11.9. The van der Waals surface area contributed by atoms with Crippen molar-refractivity contribution in [2.24, 2.45) is 5.92 Å². The number of piperidine rings is 1. The average molecular weight is 443 g/mol. The fourth-order valence-corrected chi connectivity index (χ4v) is 4.83. The number of ether oxygens (including phenoxy) is 2. The van der Waals surface area contributed by atoms with Gasteiger partial charge in [-0.25, -0.2) is 4.79 Å². The number of hydrogen-bond acceptors (Lipinski definition) is 5. The number of aliphatic hydroxyl groups excluding tert-OH is 1. The Kier molecular flexibility index (Phi) is 7.97.